The molecule has 0 bridgehead atoms. The van der Waals surface area contributed by atoms with Crippen LogP contribution in [0, 0.1) is 5.82 Å². The van der Waals surface area contributed by atoms with Gasteiger partial charge in [-0.05, 0) is 61.0 Å². The van der Waals surface area contributed by atoms with Gasteiger partial charge in [0.05, 0.1) is 23.4 Å². The Bertz CT molecular complexity index is 1170. The van der Waals surface area contributed by atoms with Crippen LogP contribution in [-0.4, -0.2) is 17.5 Å². The van der Waals surface area contributed by atoms with E-state index in [1.54, 1.807) is 18.2 Å². The zero-order chi connectivity index (χ0) is 20.9. The number of nitrogens with zero attached hydrogens (tertiary/aromatic N) is 1. The molecule has 1 aromatic heterocycles. The third-order valence-electron chi connectivity index (χ3n) is 4.79. The predicted molar refractivity (Wildman–Crippen MR) is 116 cm³/mol. The fourth-order valence-corrected chi connectivity index (χ4v) is 3.28. The van der Waals surface area contributed by atoms with Crippen LogP contribution in [0.2, 0.25) is 0 Å². The minimum absolute atomic E-state index is 0.204. The van der Waals surface area contributed by atoms with Gasteiger partial charge in [0, 0.05) is 17.5 Å². The van der Waals surface area contributed by atoms with E-state index in [1.165, 1.54) is 12.1 Å². The Kier molecular flexibility index (Phi) is 5.70. The molecule has 0 spiro atoms. The van der Waals surface area contributed by atoms with E-state index in [0.717, 1.165) is 27.8 Å². The van der Waals surface area contributed by atoms with E-state index in [0.29, 0.717) is 24.4 Å². The average molecular weight is 400 g/mol. The summed E-state index contributed by atoms with van der Waals surface area (Å²) in [6, 6.07) is 23.1. The van der Waals surface area contributed by atoms with Crippen LogP contribution in [0.15, 0.2) is 78.9 Å². The van der Waals surface area contributed by atoms with Gasteiger partial charge < -0.3 is 10.1 Å². The molecule has 0 atom stereocenters. The minimum atomic E-state index is -0.301. The molecule has 0 radical (unpaired) electrons. The third kappa shape index (κ3) is 4.30. The van der Waals surface area contributed by atoms with E-state index in [-0.39, 0.29) is 11.7 Å². The first-order chi connectivity index (χ1) is 14.6. The minimum Gasteiger partial charge on any atom is -0.494 e. The van der Waals surface area contributed by atoms with Crippen LogP contribution in [0.3, 0.4) is 0 Å². The van der Waals surface area contributed by atoms with Crippen LogP contribution < -0.4 is 10.1 Å². The zero-order valence-corrected chi connectivity index (χ0v) is 16.6. The highest BCUT2D eigenvalue weighted by Gasteiger charge is 2.14. The standard InChI is InChI=1S/C25H21FN2O2/c1-2-30-20-13-9-18(10-14-20)24-15-22(21-5-3-4-6-23(21)28-24)25(29)27-16-17-7-11-19(26)12-8-17/h3-15H,2,16H2,1H3,(H,27,29). The van der Waals surface area contributed by atoms with Crippen molar-refractivity contribution in [2.75, 3.05) is 6.61 Å². The van der Waals surface area contributed by atoms with Gasteiger partial charge in [-0.3, -0.25) is 4.79 Å². The summed E-state index contributed by atoms with van der Waals surface area (Å²) in [4.78, 5) is 17.7. The normalized spacial score (nSPS) is 10.7. The van der Waals surface area contributed by atoms with Crippen molar-refractivity contribution in [3.05, 3.63) is 95.8 Å². The second kappa shape index (κ2) is 8.74. The molecule has 3 aromatic carbocycles. The molecule has 4 rings (SSSR count). The molecule has 0 fully saturated rings. The van der Waals surface area contributed by atoms with Gasteiger partial charge in [-0.1, -0.05) is 30.3 Å². The van der Waals surface area contributed by atoms with Crippen molar-refractivity contribution in [2.45, 2.75) is 13.5 Å². The molecule has 0 unspecified atom stereocenters. The van der Waals surface area contributed by atoms with E-state index < -0.39 is 0 Å². The number of halogens is 1. The summed E-state index contributed by atoms with van der Waals surface area (Å²) in [5, 5.41) is 3.70. The molecular weight excluding hydrogens is 379 g/mol. The first kappa shape index (κ1) is 19.6. The van der Waals surface area contributed by atoms with Gasteiger partial charge in [0.25, 0.3) is 5.91 Å². The number of nitrogens with one attached hydrogen (secondary N) is 1. The van der Waals surface area contributed by atoms with Crippen molar-refractivity contribution in [1.82, 2.24) is 10.3 Å². The maximum Gasteiger partial charge on any atom is 0.252 e. The van der Waals surface area contributed by atoms with E-state index in [2.05, 4.69) is 5.32 Å². The quantitative estimate of drug-likeness (QED) is 0.473. The molecule has 0 saturated carbocycles. The highest BCUT2D eigenvalue weighted by Crippen LogP contribution is 2.26. The number of carbonyl (C=O) groups excluding carboxylic acids is 1. The lowest BCUT2D eigenvalue weighted by atomic mass is 10.0. The van der Waals surface area contributed by atoms with E-state index >= 15 is 0 Å². The Balaban J connectivity index is 1.65. The number of carbonyl (C=O) groups is 1. The van der Waals surface area contributed by atoms with Crippen LogP contribution in [0.4, 0.5) is 4.39 Å². The number of para-hydroxylation sites is 1. The number of rotatable bonds is 6. The third-order valence-corrected chi connectivity index (χ3v) is 4.79. The first-order valence-corrected chi connectivity index (χ1v) is 9.79. The Morgan fingerprint density at radius 3 is 2.47 bits per heavy atom. The van der Waals surface area contributed by atoms with Crippen molar-refractivity contribution in [2.24, 2.45) is 0 Å². The molecule has 1 heterocycles. The van der Waals surface area contributed by atoms with E-state index in [1.807, 2.05) is 55.5 Å². The lowest BCUT2D eigenvalue weighted by Gasteiger charge is -2.11. The fraction of sp³-hybridized carbons (Fsp3) is 0.120. The second-order valence-corrected chi connectivity index (χ2v) is 6.84. The lowest BCUT2D eigenvalue weighted by Crippen LogP contribution is -2.23. The fourth-order valence-electron chi connectivity index (χ4n) is 3.28. The smallest absolute Gasteiger partial charge is 0.252 e. The van der Waals surface area contributed by atoms with Gasteiger partial charge in [-0.2, -0.15) is 0 Å². The Hall–Kier alpha value is -3.73. The van der Waals surface area contributed by atoms with Crippen molar-refractivity contribution < 1.29 is 13.9 Å². The molecule has 4 nitrogen and oxygen atoms in total. The number of fused-ring (bicyclic) bond motifs is 1. The summed E-state index contributed by atoms with van der Waals surface area (Å²) < 4.78 is 18.6. The number of hydrogen-bond donors (Lipinski definition) is 1. The largest absolute Gasteiger partial charge is 0.494 e. The van der Waals surface area contributed by atoms with Crippen molar-refractivity contribution in [1.29, 1.82) is 0 Å². The second-order valence-electron chi connectivity index (χ2n) is 6.84. The SMILES string of the molecule is CCOc1ccc(-c2cc(C(=O)NCc3ccc(F)cc3)c3ccccc3n2)cc1. The molecule has 0 saturated heterocycles. The number of amides is 1. The number of aromatic nitrogens is 1. The summed E-state index contributed by atoms with van der Waals surface area (Å²) in [7, 11) is 0. The van der Waals surface area contributed by atoms with Crippen molar-refractivity contribution in [3.8, 4) is 17.0 Å². The summed E-state index contributed by atoms with van der Waals surface area (Å²) in [6.45, 7) is 2.86. The Morgan fingerprint density at radius 1 is 1.00 bits per heavy atom. The van der Waals surface area contributed by atoms with Crippen LogP contribution in [0.5, 0.6) is 5.75 Å². The predicted octanol–water partition coefficient (Wildman–Crippen LogP) is 5.37. The molecule has 0 aliphatic rings. The lowest BCUT2D eigenvalue weighted by molar-refractivity contribution is 0.0952. The molecule has 4 aromatic rings. The molecule has 5 heteroatoms. The van der Waals surface area contributed by atoms with Crippen LogP contribution in [0.25, 0.3) is 22.2 Å². The molecule has 1 N–H and O–H groups in total. The molecule has 30 heavy (non-hydrogen) atoms. The molecule has 150 valence electrons. The van der Waals surface area contributed by atoms with Gasteiger partial charge in [0.2, 0.25) is 0 Å². The molecule has 0 aliphatic carbocycles. The first-order valence-electron chi connectivity index (χ1n) is 9.79. The summed E-state index contributed by atoms with van der Waals surface area (Å²) in [5.74, 6) is 0.287. The van der Waals surface area contributed by atoms with Crippen LogP contribution in [0.1, 0.15) is 22.8 Å². The van der Waals surface area contributed by atoms with Crippen LogP contribution in [-0.2, 0) is 6.54 Å². The van der Waals surface area contributed by atoms with Gasteiger partial charge in [-0.25, -0.2) is 9.37 Å². The maximum atomic E-state index is 13.1. The average Bonchev–Trinajstić information content (AvgIpc) is 2.78. The number of benzene rings is 3. The number of hydrogen-bond acceptors (Lipinski definition) is 3. The van der Waals surface area contributed by atoms with E-state index in [4.69, 9.17) is 9.72 Å². The summed E-state index contributed by atoms with van der Waals surface area (Å²) >= 11 is 0. The summed E-state index contributed by atoms with van der Waals surface area (Å²) in [6.07, 6.45) is 0. The van der Waals surface area contributed by atoms with Crippen molar-refractivity contribution in [3.63, 3.8) is 0 Å². The highest BCUT2D eigenvalue weighted by atomic mass is 19.1. The van der Waals surface area contributed by atoms with Gasteiger partial charge in [0.1, 0.15) is 11.6 Å². The van der Waals surface area contributed by atoms with Gasteiger partial charge in [0.15, 0.2) is 0 Å². The van der Waals surface area contributed by atoms with Crippen molar-refractivity contribution >= 4 is 16.8 Å². The monoisotopic (exact) mass is 400 g/mol. The number of ether oxygens (including phenoxy) is 1. The topological polar surface area (TPSA) is 51.2 Å². The Labute approximate surface area is 174 Å². The Morgan fingerprint density at radius 2 is 1.73 bits per heavy atom. The number of pyridine rings is 1. The maximum absolute atomic E-state index is 13.1. The zero-order valence-electron chi connectivity index (χ0n) is 16.6. The van der Waals surface area contributed by atoms with Crippen LogP contribution >= 0.6 is 0 Å². The highest BCUT2D eigenvalue weighted by molar-refractivity contribution is 6.07. The summed E-state index contributed by atoms with van der Waals surface area (Å²) in [5.41, 5.74) is 3.73. The molecule has 0 aliphatic heterocycles. The molecule has 1 amide bonds. The van der Waals surface area contributed by atoms with Gasteiger partial charge >= 0.3 is 0 Å². The van der Waals surface area contributed by atoms with Gasteiger partial charge in [-0.15, -0.1) is 0 Å². The molecular formula is C25H21FN2O2. The van der Waals surface area contributed by atoms with E-state index in [9.17, 15) is 9.18 Å².